The Morgan fingerprint density at radius 3 is 0.442 bits per heavy atom. The quantitative estimate of drug-likeness (QED) is 0.0250. The lowest BCUT2D eigenvalue weighted by Gasteiger charge is -2.42. The van der Waals surface area contributed by atoms with E-state index in [1.54, 1.807) is 13.8 Å². The zero-order valence-electron chi connectivity index (χ0n) is 93.5. The summed E-state index contributed by atoms with van der Waals surface area (Å²) in [4.78, 5) is 23.3. The summed E-state index contributed by atoms with van der Waals surface area (Å²) in [6, 6.07) is 24.5. The van der Waals surface area contributed by atoms with Crippen molar-refractivity contribution in [1.29, 1.82) is 0 Å². The molecule has 43 heteroatoms. The molecular weight excluding hydrogens is 2000 g/mol. The van der Waals surface area contributed by atoms with Gasteiger partial charge in [0.1, 0.15) is 25.4 Å². The van der Waals surface area contributed by atoms with Crippen LogP contribution in [0.25, 0.3) is 0 Å². The summed E-state index contributed by atoms with van der Waals surface area (Å²) < 4.78 is 109. The van der Waals surface area contributed by atoms with Gasteiger partial charge in [0.15, 0.2) is 183 Å². The summed E-state index contributed by atoms with van der Waals surface area (Å²) in [7, 11) is -46.1. The van der Waals surface area contributed by atoms with E-state index in [2.05, 4.69) is 314 Å². The molecule has 2 N–H and O–H groups in total. The number of carbonyl (C=O) groups excluding carboxylic acids is 2. The maximum atomic E-state index is 11.7. The van der Waals surface area contributed by atoms with Crippen molar-refractivity contribution in [3.8, 4) is 0 Å². The van der Waals surface area contributed by atoms with Crippen molar-refractivity contribution in [2.75, 3.05) is 39.6 Å². The zero-order valence-corrected chi connectivity index (χ0v) is 117. The van der Waals surface area contributed by atoms with Gasteiger partial charge < -0.3 is 78.5 Å². The van der Waals surface area contributed by atoms with Crippen LogP contribution in [0.2, 0.25) is 434 Å². The Morgan fingerprint density at radius 2 is 0.318 bits per heavy atom. The second kappa shape index (κ2) is 52.5. The Bertz CT molecular complexity index is 3150. The molecule has 0 aromatic carbocycles. The van der Waals surface area contributed by atoms with E-state index in [0.717, 1.165) is 146 Å². The van der Waals surface area contributed by atoms with Crippen LogP contribution in [-0.4, -0.2) is 266 Å². The molecule has 0 amide bonds. The predicted octanol–water partition coefficient (Wildman–Crippen LogP) is 28.2. The second-order valence-electron chi connectivity index (χ2n) is 52.8. The summed E-state index contributed by atoms with van der Waals surface area (Å²) in [5.41, 5.74) is 0.626. The maximum Gasteiger partial charge on any atom is 0.333 e. The molecule has 0 aromatic heterocycles. The first-order valence-electron chi connectivity index (χ1n) is 49.6. The van der Waals surface area contributed by atoms with Crippen molar-refractivity contribution < 1.29 is 88.1 Å². The number of hydrogen-bond donors (Lipinski definition) is 2. The number of rotatable bonds is 72. The predicted molar refractivity (Wildman–Crippen MR) is 615 cm³/mol. The van der Waals surface area contributed by atoms with Gasteiger partial charge in [-0.2, -0.15) is 0 Å². The molecule has 0 aliphatic carbocycles. The van der Waals surface area contributed by atoms with Crippen molar-refractivity contribution in [2.24, 2.45) is 0 Å². The van der Waals surface area contributed by atoms with Gasteiger partial charge in [0.25, 0.3) is 0 Å². The van der Waals surface area contributed by atoms with Gasteiger partial charge in [-0.3, -0.25) is 0 Å². The SMILES string of the molecule is C=C(C)C(=O)OCC(O)COCCC[Si](C)(C)O[Si](C)(C)CC[Si](C)(C)O[Si](C)(C)CC[Si](C)(C)O[Si](C)(C)CC[Si](C)(C)O[Si](C)(C)CC[Si](C)(C)O[Si](C)(C)CC[Si](C)(C)O[Si](C)(C)O[Si](C)(C)CC[Si](C)(C)O[Si](C)(C)CC[Si](C)(C)O[Si](C)(C)CC[Si](C)(C)O[Si](C)(C)CC[Si](C)(C)O[Si](C)(C)CC[Si](C)(C)O[Si](C)(C)CCCOCC(O)COC(=O)C(=C)C. The van der Waals surface area contributed by atoms with E-state index in [-0.39, 0.29) is 26.4 Å². The van der Waals surface area contributed by atoms with Crippen LogP contribution in [0.3, 0.4) is 0 Å². The van der Waals surface area contributed by atoms with E-state index < -0.39 is 216 Å². The van der Waals surface area contributed by atoms with Gasteiger partial charge in [-0.25, -0.2) is 9.59 Å². The lowest BCUT2D eigenvalue weighted by molar-refractivity contribution is -0.143. The van der Waals surface area contributed by atoms with Gasteiger partial charge in [0, 0.05) is 24.4 Å². The minimum atomic E-state index is -2.45. The summed E-state index contributed by atoms with van der Waals surface area (Å²) >= 11 is 0. The number of carbonyl (C=O) groups is 2. The van der Waals surface area contributed by atoms with E-state index in [1.165, 1.54) is 0 Å². The monoisotopic (exact) mass is 2210 g/mol. The molecule has 0 aromatic rings. The fraction of sp³-hybridized carbons (Fsp3) is 0.930. The molecule has 0 heterocycles. The van der Waals surface area contributed by atoms with Crippen molar-refractivity contribution in [2.45, 2.75) is 473 Å². The molecule has 0 saturated heterocycles. The van der Waals surface area contributed by atoms with E-state index in [0.29, 0.717) is 24.4 Å². The molecule has 0 spiro atoms. The van der Waals surface area contributed by atoms with Crippen LogP contribution >= 0.6 is 0 Å². The third-order valence-corrected chi connectivity index (χ3v) is 114. The Balaban J connectivity index is 5.35. The Labute approximate surface area is 821 Å². The topological polar surface area (TPSA) is 222 Å². The third kappa shape index (κ3) is 66.4. The molecular formula is C86H212O20Si23. The van der Waals surface area contributed by atoms with Crippen LogP contribution in [0, 0.1) is 0 Å². The van der Waals surface area contributed by atoms with Crippen LogP contribution in [-0.2, 0) is 77.9 Å². The smallest absolute Gasteiger partial charge is 0.333 e. The highest BCUT2D eigenvalue weighted by Crippen LogP contribution is 2.41. The fourth-order valence-electron chi connectivity index (χ4n) is 18.3. The van der Waals surface area contributed by atoms with Gasteiger partial charge in [-0.05, 0) is 461 Å². The number of aliphatic hydroxyl groups excluding tert-OH is 2. The first-order chi connectivity index (χ1) is 57.0. The minimum Gasteiger partial charge on any atom is -0.460 e. The second-order valence-corrected chi connectivity index (χ2v) is 154. The lowest BCUT2D eigenvalue weighted by atomic mass is 10.3. The average Bonchev–Trinajstić information content (AvgIpc) is 0.918. The van der Waals surface area contributed by atoms with E-state index in [9.17, 15) is 19.8 Å². The number of ether oxygens (including phenoxy) is 4. The van der Waals surface area contributed by atoms with Crippen LogP contribution in [0.1, 0.15) is 26.7 Å². The van der Waals surface area contributed by atoms with E-state index in [1.807, 2.05) is 0 Å². The van der Waals surface area contributed by atoms with E-state index in [4.69, 9.17) is 68.3 Å². The molecule has 0 aliphatic heterocycles. The Kier molecular flexibility index (Phi) is 53.6. The molecule has 0 fully saturated rings. The van der Waals surface area contributed by atoms with Crippen LogP contribution < -0.4 is 0 Å². The van der Waals surface area contributed by atoms with Gasteiger partial charge >= 0.3 is 20.5 Å². The maximum absolute atomic E-state index is 11.7. The van der Waals surface area contributed by atoms with Crippen LogP contribution in [0.4, 0.5) is 0 Å². The van der Waals surface area contributed by atoms with Crippen LogP contribution in [0.15, 0.2) is 24.3 Å². The molecule has 129 heavy (non-hydrogen) atoms. The van der Waals surface area contributed by atoms with Gasteiger partial charge in [-0.15, -0.1) is 0 Å². The summed E-state index contributed by atoms with van der Waals surface area (Å²) in [5, 5.41) is 20.4. The van der Waals surface area contributed by atoms with Gasteiger partial charge in [0.05, 0.1) is 13.2 Å². The van der Waals surface area contributed by atoms with Crippen molar-refractivity contribution in [1.82, 2.24) is 0 Å². The highest BCUT2D eigenvalue weighted by Gasteiger charge is 2.49. The largest absolute Gasteiger partial charge is 0.460 e. The molecule has 2 atom stereocenters. The highest BCUT2D eigenvalue weighted by molar-refractivity contribution is 6.95. The number of hydrogen-bond acceptors (Lipinski definition) is 20. The molecule has 2 unspecified atom stereocenters. The normalized spacial score (nSPS) is 15.4. The molecule has 0 saturated carbocycles. The standard InChI is InChI=1S/C86H212O20Si23/c1-81(2)85(89)93-79-83(87)77-91-53-51-55-107(5,6)95-109(9,10)57-59-111(13,14)97-113(17,18)61-63-115(21,22)99-117(25,26)65-67-119(29,30)101-121(33,34)69-71-123(37,38)103-125(41,42)73-75-127(45,46)105-129(49,50)106-128(47,48)76-74-126(43,44)104-124(39,40)72-70-122(35,36)102-120(31,32)68-66-118(27,28)100-116(23,24)64-62-114(19,20)98-112(15,16)60-58-110(11,12)96-108(7,8)56-52-54-92-78-84(88)80-94-86(90)82(3)4/h83-84,87-88H,1,3,51-80H2,2,4-50H3. The molecule has 768 valence electrons. The Morgan fingerprint density at radius 1 is 0.202 bits per heavy atom. The zero-order chi connectivity index (χ0) is 101. The third-order valence-electron chi connectivity index (χ3n) is 24.1. The molecule has 0 rings (SSSR count). The van der Waals surface area contributed by atoms with E-state index >= 15 is 0 Å². The summed E-state index contributed by atoms with van der Waals surface area (Å²) in [6.45, 7) is 123. The highest BCUT2D eigenvalue weighted by atomic mass is 28.5. The van der Waals surface area contributed by atoms with Crippen LogP contribution in [0.5, 0.6) is 0 Å². The average molecular weight is 2210 g/mol. The first-order valence-corrected chi connectivity index (χ1v) is 121. The lowest BCUT2D eigenvalue weighted by Crippen LogP contribution is -2.54. The van der Waals surface area contributed by atoms with Crippen molar-refractivity contribution in [3.05, 3.63) is 24.3 Å². The number of aliphatic hydroxyl groups is 2. The summed E-state index contributed by atoms with van der Waals surface area (Å²) in [6.07, 6.45) is 0.0334. The van der Waals surface area contributed by atoms with Crippen molar-refractivity contribution in [3.63, 3.8) is 0 Å². The Hall–Kier alpha value is 2.77. The van der Waals surface area contributed by atoms with Gasteiger partial charge in [0.2, 0.25) is 0 Å². The molecule has 20 nitrogen and oxygen atoms in total. The summed E-state index contributed by atoms with van der Waals surface area (Å²) in [5.74, 6) is -1.000. The minimum absolute atomic E-state index is 0.0958. The van der Waals surface area contributed by atoms with Gasteiger partial charge in [-0.1, -0.05) is 13.2 Å². The molecule has 0 aliphatic rings. The molecule has 0 radical (unpaired) electrons. The van der Waals surface area contributed by atoms with Crippen molar-refractivity contribution >= 4 is 203 Å². The first kappa shape index (κ1) is 132. The molecule has 0 bridgehead atoms. The fourth-order valence-corrected chi connectivity index (χ4v) is 148. The number of esters is 2.